The number of likely N-dealkylation sites (N-methyl/N-ethyl adjacent to an activating group) is 1. The van der Waals surface area contributed by atoms with E-state index in [1.165, 1.54) is 4.68 Å². The second kappa shape index (κ2) is 7.75. The third-order valence-corrected chi connectivity index (χ3v) is 3.75. The Balaban J connectivity index is 2.24. The van der Waals surface area contributed by atoms with Gasteiger partial charge in [0.1, 0.15) is 5.75 Å². The van der Waals surface area contributed by atoms with Gasteiger partial charge in [-0.3, -0.25) is 4.79 Å². The highest BCUT2D eigenvalue weighted by Crippen LogP contribution is 2.20. The van der Waals surface area contributed by atoms with Gasteiger partial charge in [-0.1, -0.05) is 26.0 Å². The summed E-state index contributed by atoms with van der Waals surface area (Å²) in [6, 6.07) is 11.0. The minimum Gasteiger partial charge on any atom is -0.497 e. The second-order valence-corrected chi connectivity index (χ2v) is 5.04. The third kappa shape index (κ3) is 3.95. The zero-order chi connectivity index (χ0) is 15.9. The van der Waals surface area contributed by atoms with E-state index in [0.717, 1.165) is 36.6 Å². The Morgan fingerprint density at radius 2 is 1.95 bits per heavy atom. The summed E-state index contributed by atoms with van der Waals surface area (Å²) >= 11 is 0. The molecule has 118 valence electrons. The van der Waals surface area contributed by atoms with Crippen molar-refractivity contribution in [3.8, 4) is 17.0 Å². The number of hydrogen-bond donors (Lipinski definition) is 0. The molecule has 0 amide bonds. The first kappa shape index (κ1) is 16.2. The first-order valence-corrected chi connectivity index (χ1v) is 7.62. The molecule has 0 unspecified atom stereocenters. The molecule has 0 aliphatic rings. The predicted molar refractivity (Wildman–Crippen MR) is 88.3 cm³/mol. The number of methoxy groups -OCH3 is 1. The summed E-state index contributed by atoms with van der Waals surface area (Å²) in [5.41, 5.74) is 1.65. The van der Waals surface area contributed by atoms with E-state index in [0.29, 0.717) is 6.54 Å². The summed E-state index contributed by atoms with van der Waals surface area (Å²) in [5, 5.41) is 4.48. The van der Waals surface area contributed by atoms with Gasteiger partial charge in [0, 0.05) is 18.2 Å². The molecule has 0 fully saturated rings. The highest BCUT2D eigenvalue weighted by Gasteiger charge is 2.06. The SMILES string of the molecule is CCN(CC)CCn1nc(-c2cccc(OC)c2)ccc1=O. The van der Waals surface area contributed by atoms with Gasteiger partial charge in [0.15, 0.2) is 0 Å². The van der Waals surface area contributed by atoms with Gasteiger partial charge in [0.05, 0.1) is 19.3 Å². The minimum atomic E-state index is -0.0706. The van der Waals surface area contributed by atoms with Crippen LogP contribution in [0.3, 0.4) is 0 Å². The maximum atomic E-state index is 12.0. The van der Waals surface area contributed by atoms with Crippen molar-refractivity contribution in [3.05, 3.63) is 46.8 Å². The van der Waals surface area contributed by atoms with Gasteiger partial charge in [0.2, 0.25) is 0 Å². The molecule has 0 N–H and O–H groups in total. The molecule has 5 heteroatoms. The smallest absolute Gasteiger partial charge is 0.266 e. The Morgan fingerprint density at radius 1 is 1.18 bits per heavy atom. The number of nitrogens with zero attached hydrogens (tertiary/aromatic N) is 3. The van der Waals surface area contributed by atoms with Gasteiger partial charge in [-0.15, -0.1) is 0 Å². The van der Waals surface area contributed by atoms with E-state index in [4.69, 9.17) is 4.74 Å². The fourth-order valence-electron chi connectivity index (χ4n) is 2.32. The maximum Gasteiger partial charge on any atom is 0.266 e. The van der Waals surface area contributed by atoms with Crippen molar-refractivity contribution in [2.24, 2.45) is 0 Å². The molecule has 0 saturated carbocycles. The summed E-state index contributed by atoms with van der Waals surface area (Å²) in [7, 11) is 1.64. The molecule has 5 nitrogen and oxygen atoms in total. The van der Waals surface area contributed by atoms with E-state index in [-0.39, 0.29) is 5.56 Å². The van der Waals surface area contributed by atoms with E-state index in [2.05, 4.69) is 23.8 Å². The quantitative estimate of drug-likeness (QED) is 0.787. The zero-order valence-corrected chi connectivity index (χ0v) is 13.5. The first-order valence-electron chi connectivity index (χ1n) is 7.62. The van der Waals surface area contributed by atoms with E-state index < -0.39 is 0 Å². The van der Waals surface area contributed by atoms with Crippen molar-refractivity contribution < 1.29 is 4.74 Å². The number of rotatable bonds is 7. The molecule has 0 bridgehead atoms. The molecule has 2 aromatic rings. The van der Waals surface area contributed by atoms with Crippen LogP contribution in [0.15, 0.2) is 41.2 Å². The summed E-state index contributed by atoms with van der Waals surface area (Å²) in [6.45, 7) is 7.60. The maximum absolute atomic E-state index is 12.0. The Kier molecular flexibility index (Phi) is 5.72. The lowest BCUT2D eigenvalue weighted by atomic mass is 10.1. The summed E-state index contributed by atoms with van der Waals surface area (Å²) < 4.78 is 6.77. The van der Waals surface area contributed by atoms with Crippen molar-refractivity contribution in [3.63, 3.8) is 0 Å². The molecule has 0 aliphatic heterocycles. The van der Waals surface area contributed by atoms with Crippen LogP contribution >= 0.6 is 0 Å². The number of aromatic nitrogens is 2. The molecule has 0 radical (unpaired) electrons. The average molecular weight is 301 g/mol. The summed E-state index contributed by atoms with van der Waals surface area (Å²) in [6.07, 6.45) is 0. The van der Waals surface area contributed by atoms with Crippen molar-refractivity contribution >= 4 is 0 Å². The Labute approximate surface area is 131 Å². The van der Waals surface area contributed by atoms with Crippen LogP contribution in [0.5, 0.6) is 5.75 Å². The van der Waals surface area contributed by atoms with Crippen LogP contribution < -0.4 is 10.3 Å². The number of ether oxygens (including phenoxy) is 1. The molecule has 0 spiro atoms. The summed E-state index contributed by atoms with van der Waals surface area (Å²) in [4.78, 5) is 14.2. The summed E-state index contributed by atoms with van der Waals surface area (Å²) in [5.74, 6) is 0.778. The molecule has 0 aliphatic carbocycles. The lowest BCUT2D eigenvalue weighted by molar-refractivity contribution is 0.283. The van der Waals surface area contributed by atoms with Crippen LogP contribution in [-0.4, -0.2) is 41.4 Å². The number of benzene rings is 1. The molecular formula is C17H23N3O2. The van der Waals surface area contributed by atoms with Crippen LogP contribution in [0.1, 0.15) is 13.8 Å². The zero-order valence-electron chi connectivity index (χ0n) is 13.5. The van der Waals surface area contributed by atoms with Crippen LogP contribution in [0.2, 0.25) is 0 Å². The molecule has 0 saturated heterocycles. The normalized spacial score (nSPS) is 10.9. The van der Waals surface area contributed by atoms with E-state index in [9.17, 15) is 4.79 Å². The number of hydrogen-bond acceptors (Lipinski definition) is 4. The van der Waals surface area contributed by atoms with E-state index >= 15 is 0 Å². The topological polar surface area (TPSA) is 47.4 Å². The van der Waals surface area contributed by atoms with Gasteiger partial charge < -0.3 is 9.64 Å². The molecule has 1 aromatic carbocycles. The van der Waals surface area contributed by atoms with Crippen LogP contribution in [-0.2, 0) is 6.54 Å². The predicted octanol–water partition coefficient (Wildman–Crippen LogP) is 2.26. The van der Waals surface area contributed by atoms with Crippen molar-refractivity contribution in [1.82, 2.24) is 14.7 Å². The molecule has 1 aromatic heterocycles. The van der Waals surface area contributed by atoms with Gasteiger partial charge in [-0.05, 0) is 31.3 Å². The van der Waals surface area contributed by atoms with Crippen molar-refractivity contribution in [2.45, 2.75) is 20.4 Å². The van der Waals surface area contributed by atoms with Gasteiger partial charge in [-0.25, -0.2) is 4.68 Å². The third-order valence-electron chi connectivity index (χ3n) is 3.75. The lowest BCUT2D eigenvalue weighted by Crippen LogP contribution is -2.32. The fraction of sp³-hybridized carbons (Fsp3) is 0.412. The van der Waals surface area contributed by atoms with Gasteiger partial charge >= 0.3 is 0 Å². The molecule has 0 atom stereocenters. The lowest BCUT2D eigenvalue weighted by Gasteiger charge is -2.18. The Bertz CT molecular complexity index is 663. The minimum absolute atomic E-state index is 0.0706. The van der Waals surface area contributed by atoms with Gasteiger partial charge in [-0.2, -0.15) is 5.10 Å². The highest BCUT2D eigenvalue weighted by atomic mass is 16.5. The average Bonchev–Trinajstić information content (AvgIpc) is 2.57. The molecule has 2 rings (SSSR count). The van der Waals surface area contributed by atoms with Crippen molar-refractivity contribution in [1.29, 1.82) is 0 Å². The Hall–Kier alpha value is -2.14. The molecule has 1 heterocycles. The standard InChI is InChI=1S/C17H23N3O2/c1-4-19(5-2)11-12-20-17(21)10-9-16(18-20)14-7-6-8-15(13-14)22-3/h6-10,13H,4-5,11-12H2,1-3H3. The molecule has 22 heavy (non-hydrogen) atoms. The van der Waals surface area contributed by atoms with E-state index in [1.807, 2.05) is 24.3 Å². The molecular weight excluding hydrogens is 278 g/mol. The largest absolute Gasteiger partial charge is 0.497 e. The fourth-order valence-corrected chi connectivity index (χ4v) is 2.32. The van der Waals surface area contributed by atoms with Crippen molar-refractivity contribution in [2.75, 3.05) is 26.7 Å². The second-order valence-electron chi connectivity index (χ2n) is 5.04. The van der Waals surface area contributed by atoms with Crippen LogP contribution in [0, 0.1) is 0 Å². The van der Waals surface area contributed by atoms with Crippen LogP contribution in [0.25, 0.3) is 11.3 Å². The monoisotopic (exact) mass is 301 g/mol. The first-order chi connectivity index (χ1) is 10.7. The Morgan fingerprint density at radius 3 is 2.64 bits per heavy atom. The van der Waals surface area contributed by atoms with E-state index in [1.54, 1.807) is 19.2 Å². The highest BCUT2D eigenvalue weighted by molar-refractivity contribution is 5.60. The van der Waals surface area contributed by atoms with Gasteiger partial charge in [0.25, 0.3) is 5.56 Å². The van der Waals surface area contributed by atoms with Crippen LogP contribution in [0.4, 0.5) is 0 Å².